The SMILES string of the molecule is CCOC(=O)C=Cc1ccc(NC(=O)Cn2cc(Br)c(=O)[nH]c2=O)cc1. The van der Waals surface area contributed by atoms with Crippen LogP contribution in [0.4, 0.5) is 5.69 Å². The minimum Gasteiger partial charge on any atom is -0.463 e. The Morgan fingerprint density at radius 2 is 1.96 bits per heavy atom. The Bertz CT molecular complexity index is 944. The number of anilines is 1. The van der Waals surface area contributed by atoms with Crippen molar-refractivity contribution in [1.82, 2.24) is 9.55 Å². The summed E-state index contributed by atoms with van der Waals surface area (Å²) in [5.74, 6) is -0.858. The lowest BCUT2D eigenvalue weighted by atomic mass is 10.2. The topological polar surface area (TPSA) is 110 Å². The molecule has 0 aliphatic carbocycles. The van der Waals surface area contributed by atoms with Crippen LogP contribution in [0, 0.1) is 0 Å². The zero-order chi connectivity index (χ0) is 19.1. The molecule has 0 saturated carbocycles. The molecule has 2 N–H and O–H groups in total. The Hall–Kier alpha value is -2.94. The van der Waals surface area contributed by atoms with Gasteiger partial charge in [-0.05, 0) is 46.6 Å². The summed E-state index contributed by atoms with van der Waals surface area (Å²) in [4.78, 5) is 48.3. The average Bonchev–Trinajstić information content (AvgIpc) is 2.59. The molecule has 0 unspecified atom stereocenters. The Balaban J connectivity index is 1.99. The molecule has 26 heavy (non-hydrogen) atoms. The van der Waals surface area contributed by atoms with Gasteiger partial charge in [-0.15, -0.1) is 0 Å². The lowest BCUT2D eigenvalue weighted by Crippen LogP contribution is -2.33. The van der Waals surface area contributed by atoms with Gasteiger partial charge in [0.1, 0.15) is 6.54 Å². The molecule has 8 nitrogen and oxygen atoms in total. The summed E-state index contributed by atoms with van der Waals surface area (Å²) in [6.45, 7) is 1.78. The number of nitrogens with one attached hydrogen (secondary N) is 2. The first-order chi connectivity index (χ1) is 12.4. The van der Waals surface area contributed by atoms with Gasteiger partial charge < -0.3 is 10.1 Å². The zero-order valence-corrected chi connectivity index (χ0v) is 15.4. The van der Waals surface area contributed by atoms with Gasteiger partial charge in [-0.2, -0.15) is 0 Å². The number of nitrogens with zero attached hydrogens (tertiary/aromatic N) is 1. The highest BCUT2D eigenvalue weighted by Gasteiger charge is 2.07. The number of aromatic amines is 1. The number of hydrogen-bond acceptors (Lipinski definition) is 5. The average molecular weight is 422 g/mol. The Morgan fingerprint density at radius 1 is 1.27 bits per heavy atom. The van der Waals surface area contributed by atoms with E-state index in [2.05, 4.69) is 26.2 Å². The van der Waals surface area contributed by atoms with Gasteiger partial charge in [-0.3, -0.25) is 19.1 Å². The lowest BCUT2D eigenvalue weighted by Gasteiger charge is -2.07. The van der Waals surface area contributed by atoms with Crippen LogP contribution < -0.4 is 16.6 Å². The number of ether oxygens (including phenoxy) is 1. The second-order valence-electron chi connectivity index (χ2n) is 5.12. The highest BCUT2D eigenvalue weighted by Crippen LogP contribution is 2.11. The second kappa shape index (κ2) is 8.95. The predicted octanol–water partition coefficient (Wildman–Crippen LogP) is 1.51. The number of carbonyl (C=O) groups excluding carboxylic acids is 2. The second-order valence-corrected chi connectivity index (χ2v) is 5.97. The van der Waals surface area contributed by atoms with Crippen molar-refractivity contribution in [1.29, 1.82) is 0 Å². The molecule has 1 aromatic carbocycles. The molecule has 1 amide bonds. The van der Waals surface area contributed by atoms with Crippen LogP contribution in [-0.2, 0) is 20.9 Å². The van der Waals surface area contributed by atoms with Gasteiger partial charge in [-0.1, -0.05) is 12.1 Å². The molecule has 2 aromatic rings. The highest BCUT2D eigenvalue weighted by atomic mass is 79.9. The zero-order valence-electron chi connectivity index (χ0n) is 13.8. The number of rotatable bonds is 6. The van der Waals surface area contributed by atoms with Crippen molar-refractivity contribution in [3.63, 3.8) is 0 Å². The number of hydrogen-bond donors (Lipinski definition) is 2. The number of aromatic nitrogens is 2. The van der Waals surface area contributed by atoms with E-state index in [1.54, 1.807) is 37.3 Å². The first-order valence-corrected chi connectivity index (χ1v) is 8.42. The third-order valence-corrected chi connectivity index (χ3v) is 3.74. The minimum atomic E-state index is -0.673. The minimum absolute atomic E-state index is 0.155. The van der Waals surface area contributed by atoms with E-state index in [1.807, 2.05) is 0 Å². The molecule has 9 heteroatoms. The van der Waals surface area contributed by atoms with E-state index in [-0.39, 0.29) is 11.0 Å². The summed E-state index contributed by atoms with van der Waals surface area (Å²) in [6, 6.07) is 6.75. The van der Waals surface area contributed by atoms with Crippen LogP contribution >= 0.6 is 15.9 Å². The van der Waals surface area contributed by atoms with Crippen molar-refractivity contribution in [2.75, 3.05) is 11.9 Å². The van der Waals surface area contributed by atoms with E-state index in [9.17, 15) is 19.2 Å². The van der Waals surface area contributed by atoms with Gasteiger partial charge in [-0.25, -0.2) is 9.59 Å². The van der Waals surface area contributed by atoms with Crippen LogP contribution in [0.2, 0.25) is 0 Å². The van der Waals surface area contributed by atoms with Crippen LogP contribution in [0.25, 0.3) is 6.08 Å². The van der Waals surface area contributed by atoms with E-state index >= 15 is 0 Å². The first kappa shape index (κ1) is 19.4. The first-order valence-electron chi connectivity index (χ1n) is 7.63. The fraction of sp³-hybridized carbons (Fsp3) is 0.176. The molecule has 0 bridgehead atoms. The molecule has 0 aliphatic heterocycles. The summed E-state index contributed by atoms with van der Waals surface area (Å²) in [5, 5.41) is 2.64. The number of amides is 1. The fourth-order valence-corrected chi connectivity index (χ4v) is 2.33. The van der Waals surface area contributed by atoms with Crippen LogP contribution in [-0.4, -0.2) is 28.0 Å². The number of carbonyl (C=O) groups is 2. The third kappa shape index (κ3) is 5.55. The number of esters is 1. The largest absolute Gasteiger partial charge is 0.463 e. The van der Waals surface area contributed by atoms with E-state index < -0.39 is 23.1 Å². The van der Waals surface area contributed by atoms with Gasteiger partial charge in [0, 0.05) is 18.0 Å². The molecule has 0 saturated heterocycles. The normalized spacial score (nSPS) is 10.7. The van der Waals surface area contributed by atoms with Gasteiger partial charge in [0.25, 0.3) is 5.56 Å². The molecular weight excluding hydrogens is 406 g/mol. The number of halogens is 1. The van der Waals surface area contributed by atoms with Gasteiger partial charge in [0.2, 0.25) is 5.91 Å². The number of H-pyrrole nitrogens is 1. The monoisotopic (exact) mass is 421 g/mol. The maximum Gasteiger partial charge on any atom is 0.330 e. The van der Waals surface area contributed by atoms with Crippen molar-refractivity contribution in [2.24, 2.45) is 0 Å². The van der Waals surface area contributed by atoms with E-state index in [1.165, 1.54) is 12.3 Å². The molecule has 2 rings (SSSR count). The van der Waals surface area contributed by atoms with Crippen molar-refractivity contribution in [3.8, 4) is 0 Å². The maximum atomic E-state index is 12.0. The highest BCUT2D eigenvalue weighted by molar-refractivity contribution is 9.10. The Labute approximate surface area is 156 Å². The Morgan fingerprint density at radius 3 is 2.62 bits per heavy atom. The molecule has 0 spiro atoms. The quantitative estimate of drug-likeness (QED) is 0.542. The van der Waals surface area contributed by atoms with Crippen LogP contribution in [0.1, 0.15) is 12.5 Å². The predicted molar refractivity (Wildman–Crippen MR) is 99.8 cm³/mol. The Kier molecular flexibility index (Phi) is 6.67. The summed E-state index contributed by atoms with van der Waals surface area (Å²) in [5.41, 5.74) is 0.0579. The van der Waals surface area contributed by atoms with E-state index in [4.69, 9.17) is 4.74 Å². The van der Waals surface area contributed by atoms with E-state index in [0.29, 0.717) is 12.3 Å². The standard InChI is InChI=1S/C17H16BrN3O5/c1-2-26-15(23)8-5-11-3-6-12(7-4-11)19-14(22)10-21-9-13(18)16(24)20-17(21)25/h3-9H,2,10H2,1H3,(H,19,22)(H,20,24,25). The molecule has 0 radical (unpaired) electrons. The van der Waals surface area contributed by atoms with Crippen molar-refractivity contribution in [2.45, 2.75) is 13.5 Å². The summed E-state index contributed by atoms with van der Waals surface area (Å²) < 4.78 is 6.02. The summed E-state index contributed by atoms with van der Waals surface area (Å²) in [7, 11) is 0. The fourth-order valence-electron chi connectivity index (χ4n) is 1.99. The maximum absolute atomic E-state index is 12.0. The molecule has 136 valence electrons. The molecule has 0 aliphatic rings. The molecular formula is C17H16BrN3O5. The molecule has 1 heterocycles. The van der Waals surface area contributed by atoms with Crippen LogP contribution in [0.15, 0.2) is 50.6 Å². The van der Waals surface area contributed by atoms with Gasteiger partial charge in [0.15, 0.2) is 0 Å². The van der Waals surface area contributed by atoms with Crippen molar-refractivity contribution < 1.29 is 14.3 Å². The smallest absolute Gasteiger partial charge is 0.330 e. The lowest BCUT2D eigenvalue weighted by molar-refractivity contribution is -0.137. The van der Waals surface area contributed by atoms with Crippen molar-refractivity contribution in [3.05, 3.63) is 67.4 Å². The van der Waals surface area contributed by atoms with Gasteiger partial charge >= 0.3 is 11.7 Å². The van der Waals surface area contributed by atoms with Crippen molar-refractivity contribution >= 4 is 39.6 Å². The molecule has 0 fully saturated rings. The summed E-state index contributed by atoms with van der Waals surface area (Å²) in [6.07, 6.45) is 4.17. The van der Waals surface area contributed by atoms with Gasteiger partial charge in [0.05, 0.1) is 11.1 Å². The van der Waals surface area contributed by atoms with Crippen LogP contribution in [0.3, 0.4) is 0 Å². The number of benzene rings is 1. The summed E-state index contributed by atoms with van der Waals surface area (Å²) >= 11 is 3.00. The van der Waals surface area contributed by atoms with Crippen LogP contribution in [0.5, 0.6) is 0 Å². The molecule has 1 aromatic heterocycles. The third-order valence-electron chi connectivity index (χ3n) is 3.17. The van der Waals surface area contributed by atoms with E-state index in [0.717, 1.165) is 10.1 Å². The molecule has 0 atom stereocenters.